The van der Waals surface area contributed by atoms with Gasteiger partial charge in [-0.1, -0.05) is 18.2 Å². The lowest BCUT2D eigenvalue weighted by Gasteiger charge is -2.31. The van der Waals surface area contributed by atoms with Crippen molar-refractivity contribution >= 4 is 11.8 Å². The van der Waals surface area contributed by atoms with Crippen molar-refractivity contribution in [2.75, 3.05) is 13.1 Å². The number of piperidine rings is 1. The molecule has 5 nitrogen and oxygen atoms in total. The van der Waals surface area contributed by atoms with Gasteiger partial charge in [0.15, 0.2) is 5.76 Å². The number of benzene rings is 1. The quantitative estimate of drug-likeness (QED) is 0.936. The molecule has 3 rings (SSSR count). The zero-order chi connectivity index (χ0) is 16.9. The van der Waals surface area contributed by atoms with E-state index in [4.69, 9.17) is 4.42 Å². The van der Waals surface area contributed by atoms with E-state index in [1.165, 1.54) is 12.3 Å². The highest BCUT2D eigenvalue weighted by Gasteiger charge is 2.25. The van der Waals surface area contributed by atoms with Crippen molar-refractivity contribution in [3.05, 3.63) is 59.8 Å². The average Bonchev–Trinajstić information content (AvgIpc) is 3.11. The molecule has 1 fully saturated rings. The topological polar surface area (TPSA) is 62.6 Å². The molecule has 0 saturated carbocycles. The fraction of sp³-hybridized carbons (Fsp3) is 0.333. The summed E-state index contributed by atoms with van der Waals surface area (Å²) >= 11 is 0. The van der Waals surface area contributed by atoms with Gasteiger partial charge in [-0.15, -0.1) is 0 Å². The Morgan fingerprint density at radius 2 is 1.92 bits per heavy atom. The summed E-state index contributed by atoms with van der Waals surface area (Å²) in [6.45, 7) is 1.12. The van der Waals surface area contributed by atoms with Gasteiger partial charge in [-0.3, -0.25) is 9.59 Å². The van der Waals surface area contributed by atoms with Crippen LogP contribution in [-0.4, -0.2) is 35.8 Å². The zero-order valence-electron chi connectivity index (χ0n) is 13.2. The van der Waals surface area contributed by atoms with E-state index < -0.39 is 0 Å². The second-order valence-corrected chi connectivity index (χ2v) is 5.88. The molecule has 2 amide bonds. The van der Waals surface area contributed by atoms with Gasteiger partial charge >= 0.3 is 0 Å². The lowest BCUT2D eigenvalue weighted by Crippen LogP contribution is -2.46. The van der Waals surface area contributed by atoms with Gasteiger partial charge in [0.1, 0.15) is 5.82 Å². The molecule has 24 heavy (non-hydrogen) atoms. The van der Waals surface area contributed by atoms with E-state index in [1.807, 2.05) is 0 Å². The zero-order valence-corrected chi connectivity index (χ0v) is 13.2. The molecule has 6 heteroatoms. The van der Waals surface area contributed by atoms with Gasteiger partial charge in [-0.25, -0.2) is 4.39 Å². The second kappa shape index (κ2) is 7.29. The van der Waals surface area contributed by atoms with Crippen molar-refractivity contribution in [3.63, 3.8) is 0 Å². The molecular formula is C18H19FN2O3. The molecule has 2 heterocycles. The predicted molar refractivity (Wildman–Crippen MR) is 85.9 cm³/mol. The number of furan rings is 1. The third kappa shape index (κ3) is 3.82. The SMILES string of the molecule is O=C(Cc1ccccc1F)NC1CCN(C(=O)c2ccco2)CC1. The molecule has 1 aromatic carbocycles. The Labute approximate surface area is 139 Å². The third-order valence-electron chi connectivity index (χ3n) is 4.19. The van der Waals surface area contributed by atoms with Crippen molar-refractivity contribution in [2.24, 2.45) is 0 Å². The minimum atomic E-state index is -0.369. The number of halogens is 1. The monoisotopic (exact) mass is 330 g/mol. The van der Waals surface area contributed by atoms with Crippen LogP contribution in [0.1, 0.15) is 29.0 Å². The van der Waals surface area contributed by atoms with E-state index in [-0.39, 0.29) is 30.1 Å². The van der Waals surface area contributed by atoms with Crippen molar-refractivity contribution in [3.8, 4) is 0 Å². The Morgan fingerprint density at radius 3 is 2.58 bits per heavy atom. The van der Waals surface area contributed by atoms with Crippen molar-refractivity contribution < 1.29 is 18.4 Å². The van der Waals surface area contributed by atoms with E-state index >= 15 is 0 Å². The summed E-state index contributed by atoms with van der Waals surface area (Å²) in [5, 5.41) is 2.92. The van der Waals surface area contributed by atoms with Crippen LogP contribution in [-0.2, 0) is 11.2 Å². The lowest BCUT2D eigenvalue weighted by molar-refractivity contribution is -0.121. The average molecular weight is 330 g/mol. The molecule has 1 aliphatic rings. The normalized spacial score (nSPS) is 15.3. The van der Waals surface area contributed by atoms with Crippen molar-refractivity contribution in [1.82, 2.24) is 10.2 Å². The number of hydrogen-bond acceptors (Lipinski definition) is 3. The standard InChI is InChI=1S/C18H19FN2O3/c19-15-5-2-1-4-13(15)12-17(22)20-14-7-9-21(10-8-14)18(23)16-6-3-11-24-16/h1-6,11,14H,7-10,12H2,(H,20,22). The molecule has 0 aliphatic carbocycles. The first kappa shape index (κ1) is 16.2. The van der Waals surface area contributed by atoms with Crippen LogP contribution >= 0.6 is 0 Å². The van der Waals surface area contributed by atoms with Gasteiger partial charge in [0.2, 0.25) is 5.91 Å². The summed E-state index contributed by atoms with van der Waals surface area (Å²) in [6, 6.07) is 9.60. The third-order valence-corrected chi connectivity index (χ3v) is 4.19. The number of likely N-dealkylation sites (tertiary alicyclic amines) is 1. The first-order valence-electron chi connectivity index (χ1n) is 7.99. The number of carbonyl (C=O) groups excluding carboxylic acids is 2. The smallest absolute Gasteiger partial charge is 0.289 e. The molecule has 0 unspecified atom stereocenters. The molecule has 1 saturated heterocycles. The van der Waals surface area contributed by atoms with Gasteiger partial charge in [0.05, 0.1) is 12.7 Å². The van der Waals surface area contributed by atoms with Gasteiger partial charge in [-0.2, -0.15) is 0 Å². The first-order chi connectivity index (χ1) is 11.6. The summed E-state index contributed by atoms with van der Waals surface area (Å²) in [7, 11) is 0. The highest BCUT2D eigenvalue weighted by molar-refractivity contribution is 5.91. The van der Waals surface area contributed by atoms with E-state index in [2.05, 4.69) is 5.32 Å². The van der Waals surface area contributed by atoms with Gasteiger partial charge < -0.3 is 14.6 Å². The summed E-state index contributed by atoms with van der Waals surface area (Å²) in [6.07, 6.45) is 2.85. The van der Waals surface area contributed by atoms with Gasteiger partial charge in [0.25, 0.3) is 5.91 Å². The Morgan fingerprint density at radius 1 is 1.17 bits per heavy atom. The van der Waals surface area contributed by atoms with Crippen LogP contribution < -0.4 is 5.32 Å². The number of carbonyl (C=O) groups is 2. The Bertz CT molecular complexity index is 707. The molecule has 0 spiro atoms. The molecule has 1 aliphatic heterocycles. The first-order valence-corrected chi connectivity index (χ1v) is 7.99. The number of nitrogens with one attached hydrogen (secondary N) is 1. The minimum Gasteiger partial charge on any atom is -0.459 e. The molecule has 1 N–H and O–H groups in total. The van der Waals surface area contributed by atoms with Crippen molar-refractivity contribution in [1.29, 1.82) is 0 Å². The maximum Gasteiger partial charge on any atom is 0.289 e. The van der Waals surface area contributed by atoms with E-state index in [1.54, 1.807) is 35.2 Å². The van der Waals surface area contributed by atoms with E-state index in [0.29, 0.717) is 37.3 Å². The van der Waals surface area contributed by atoms with Gasteiger partial charge in [-0.05, 0) is 36.6 Å². The van der Waals surface area contributed by atoms with E-state index in [0.717, 1.165) is 0 Å². The second-order valence-electron chi connectivity index (χ2n) is 5.88. The van der Waals surface area contributed by atoms with E-state index in [9.17, 15) is 14.0 Å². The predicted octanol–water partition coefficient (Wildman–Crippen LogP) is 2.38. The Kier molecular flexibility index (Phi) is 4.93. The maximum atomic E-state index is 13.6. The van der Waals surface area contributed by atoms with Crippen LogP contribution in [0.4, 0.5) is 4.39 Å². The van der Waals surface area contributed by atoms with Crippen molar-refractivity contribution in [2.45, 2.75) is 25.3 Å². The summed E-state index contributed by atoms with van der Waals surface area (Å²) in [5.41, 5.74) is 0.389. The maximum absolute atomic E-state index is 13.6. The number of hydrogen-bond donors (Lipinski definition) is 1. The van der Waals surface area contributed by atoms with Crippen LogP contribution in [0.2, 0.25) is 0 Å². The Balaban J connectivity index is 1.48. The lowest BCUT2D eigenvalue weighted by atomic mass is 10.0. The molecular weight excluding hydrogens is 311 g/mol. The number of amides is 2. The largest absolute Gasteiger partial charge is 0.459 e. The summed E-state index contributed by atoms with van der Waals surface area (Å²) in [4.78, 5) is 26.0. The fourth-order valence-corrected chi connectivity index (χ4v) is 2.88. The van der Waals surface area contributed by atoms with Gasteiger partial charge in [0, 0.05) is 19.1 Å². The number of nitrogens with zero attached hydrogens (tertiary/aromatic N) is 1. The Hall–Kier alpha value is -2.63. The van der Waals surface area contributed by atoms with Crippen LogP contribution in [0.25, 0.3) is 0 Å². The molecule has 1 aromatic heterocycles. The number of rotatable bonds is 4. The summed E-state index contributed by atoms with van der Waals surface area (Å²) in [5.74, 6) is -0.365. The highest BCUT2D eigenvalue weighted by Crippen LogP contribution is 2.15. The summed E-state index contributed by atoms with van der Waals surface area (Å²) < 4.78 is 18.7. The molecule has 0 radical (unpaired) electrons. The molecule has 2 aromatic rings. The molecule has 126 valence electrons. The van der Waals surface area contributed by atoms with Crippen LogP contribution in [0, 0.1) is 5.82 Å². The molecule has 0 bridgehead atoms. The van der Waals surface area contributed by atoms with Crippen LogP contribution in [0.5, 0.6) is 0 Å². The highest BCUT2D eigenvalue weighted by atomic mass is 19.1. The van der Waals surface area contributed by atoms with Crippen LogP contribution in [0.3, 0.4) is 0 Å². The van der Waals surface area contributed by atoms with Crippen LogP contribution in [0.15, 0.2) is 47.1 Å². The molecule has 0 atom stereocenters. The minimum absolute atomic E-state index is 0.00456. The fourth-order valence-electron chi connectivity index (χ4n) is 2.88.